The average Bonchev–Trinajstić information content (AvgIpc) is 3.00. The summed E-state index contributed by atoms with van der Waals surface area (Å²) in [5.74, 6) is 1.58. The molecule has 0 amide bonds. The van der Waals surface area contributed by atoms with Crippen molar-refractivity contribution in [3.8, 4) is 5.75 Å². The molecule has 0 bridgehead atoms. The Balaban J connectivity index is 1.46. The molecular weight excluding hydrogens is 344 g/mol. The number of aromatic nitrogens is 2. The maximum absolute atomic E-state index is 12.9. The molecule has 136 valence electrons. The van der Waals surface area contributed by atoms with Gasteiger partial charge in [0.1, 0.15) is 10.6 Å². The van der Waals surface area contributed by atoms with E-state index >= 15 is 0 Å². The molecule has 0 spiro atoms. The van der Waals surface area contributed by atoms with Crippen LogP contribution >= 0.6 is 11.3 Å². The molecule has 0 aliphatic heterocycles. The van der Waals surface area contributed by atoms with E-state index in [9.17, 15) is 4.79 Å². The van der Waals surface area contributed by atoms with Crippen molar-refractivity contribution in [3.05, 3.63) is 57.0 Å². The molecule has 2 aromatic heterocycles. The Labute approximate surface area is 157 Å². The summed E-state index contributed by atoms with van der Waals surface area (Å²) in [6.45, 7) is 5.57. The lowest BCUT2D eigenvalue weighted by Gasteiger charge is -2.17. The molecule has 1 aliphatic rings. The molecule has 0 saturated heterocycles. The van der Waals surface area contributed by atoms with Gasteiger partial charge in [0.2, 0.25) is 0 Å². The number of aryl methyl sites for hydroxylation is 3. The number of hydrogen-bond donors (Lipinski definition) is 0. The second-order valence-electron chi connectivity index (χ2n) is 7.29. The lowest BCUT2D eigenvalue weighted by molar-refractivity contribution is 0.300. The van der Waals surface area contributed by atoms with Crippen LogP contribution in [-0.4, -0.2) is 16.2 Å². The number of nitrogens with zero attached hydrogens (tertiary/aromatic N) is 2. The monoisotopic (exact) mass is 368 g/mol. The van der Waals surface area contributed by atoms with Crippen LogP contribution in [0.5, 0.6) is 5.75 Å². The van der Waals surface area contributed by atoms with Crippen molar-refractivity contribution in [2.45, 2.75) is 46.1 Å². The van der Waals surface area contributed by atoms with Gasteiger partial charge < -0.3 is 4.74 Å². The molecule has 0 saturated carbocycles. The Morgan fingerprint density at radius 2 is 2.12 bits per heavy atom. The summed E-state index contributed by atoms with van der Waals surface area (Å²) in [6, 6.07) is 8.04. The largest absolute Gasteiger partial charge is 0.494 e. The van der Waals surface area contributed by atoms with Gasteiger partial charge in [-0.1, -0.05) is 24.6 Å². The predicted molar refractivity (Wildman–Crippen MR) is 106 cm³/mol. The number of benzene rings is 1. The molecule has 0 radical (unpaired) electrons. The highest BCUT2D eigenvalue weighted by Gasteiger charge is 2.23. The van der Waals surface area contributed by atoms with E-state index in [1.807, 2.05) is 24.3 Å². The summed E-state index contributed by atoms with van der Waals surface area (Å²) in [4.78, 5) is 19.8. The van der Waals surface area contributed by atoms with Crippen LogP contribution in [0.3, 0.4) is 0 Å². The minimum absolute atomic E-state index is 0.109. The maximum Gasteiger partial charge on any atom is 0.262 e. The molecule has 0 N–H and O–H groups in total. The Bertz CT molecular complexity index is 972. The molecule has 1 aliphatic carbocycles. The van der Waals surface area contributed by atoms with E-state index in [1.165, 1.54) is 16.0 Å². The van der Waals surface area contributed by atoms with Crippen molar-refractivity contribution >= 4 is 21.6 Å². The zero-order valence-electron chi connectivity index (χ0n) is 15.3. The maximum atomic E-state index is 12.9. The van der Waals surface area contributed by atoms with Gasteiger partial charge in [-0.3, -0.25) is 9.36 Å². The highest BCUT2D eigenvalue weighted by molar-refractivity contribution is 7.18. The standard InChI is InChI=1S/C21H24N2O2S/c1-14-4-7-16(8-5-14)25-11-3-10-23-13-22-20-19(21(23)24)17-9-6-15(2)12-18(17)26-20/h4-5,7-8,13,15H,3,6,9-12H2,1-2H3/t15-/m1/s1. The van der Waals surface area contributed by atoms with E-state index < -0.39 is 0 Å². The molecule has 26 heavy (non-hydrogen) atoms. The van der Waals surface area contributed by atoms with Crippen molar-refractivity contribution < 1.29 is 4.74 Å². The van der Waals surface area contributed by atoms with E-state index in [0.29, 0.717) is 19.1 Å². The van der Waals surface area contributed by atoms with Gasteiger partial charge in [0, 0.05) is 11.4 Å². The van der Waals surface area contributed by atoms with E-state index in [4.69, 9.17) is 4.74 Å². The van der Waals surface area contributed by atoms with Gasteiger partial charge in [0.25, 0.3) is 5.56 Å². The molecule has 1 aromatic carbocycles. The van der Waals surface area contributed by atoms with Crippen molar-refractivity contribution in [1.82, 2.24) is 9.55 Å². The molecule has 4 rings (SSSR count). The highest BCUT2D eigenvalue weighted by atomic mass is 32.1. The molecule has 0 unspecified atom stereocenters. The van der Waals surface area contributed by atoms with Gasteiger partial charge in [0.15, 0.2) is 0 Å². The van der Waals surface area contributed by atoms with Gasteiger partial charge in [-0.2, -0.15) is 0 Å². The van der Waals surface area contributed by atoms with E-state index in [1.54, 1.807) is 22.2 Å². The average molecular weight is 369 g/mol. The third-order valence-electron chi connectivity index (χ3n) is 5.12. The van der Waals surface area contributed by atoms with Crippen LogP contribution in [0.2, 0.25) is 0 Å². The third kappa shape index (κ3) is 3.40. The second kappa shape index (κ2) is 7.23. The fourth-order valence-corrected chi connectivity index (χ4v) is 4.93. The van der Waals surface area contributed by atoms with Gasteiger partial charge >= 0.3 is 0 Å². The van der Waals surface area contributed by atoms with Crippen molar-refractivity contribution in [2.75, 3.05) is 6.61 Å². The fourth-order valence-electron chi connectivity index (χ4n) is 3.58. The van der Waals surface area contributed by atoms with Crippen LogP contribution in [-0.2, 0) is 19.4 Å². The third-order valence-corrected chi connectivity index (χ3v) is 6.28. The van der Waals surface area contributed by atoms with Crippen molar-refractivity contribution in [1.29, 1.82) is 0 Å². The molecule has 5 heteroatoms. The SMILES string of the molecule is Cc1ccc(OCCCn2cnc3sc4c(c3c2=O)CC[C@@H](C)C4)cc1. The van der Waals surface area contributed by atoms with Crippen LogP contribution in [0.1, 0.15) is 35.8 Å². The lowest BCUT2D eigenvalue weighted by Crippen LogP contribution is -2.22. The predicted octanol–water partition coefficient (Wildman–Crippen LogP) is 4.36. The smallest absolute Gasteiger partial charge is 0.262 e. The first kappa shape index (κ1) is 17.3. The van der Waals surface area contributed by atoms with Gasteiger partial charge in [-0.25, -0.2) is 4.98 Å². The summed E-state index contributed by atoms with van der Waals surface area (Å²) in [5.41, 5.74) is 2.58. The summed E-state index contributed by atoms with van der Waals surface area (Å²) < 4.78 is 7.51. The first-order valence-electron chi connectivity index (χ1n) is 9.31. The topological polar surface area (TPSA) is 44.1 Å². The van der Waals surface area contributed by atoms with E-state index in [0.717, 1.165) is 41.6 Å². The molecule has 1 atom stereocenters. The second-order valence-corrected chi connectivity index (χ2v) is 8.37. The van der Waals surface area contributed by atoms with Crippen LogP contribution < -0.4 is 10.3 Å². The number of fused-ring (bicyclic) bond motifs is 3. The minimum Gasteiger partial charge on any atom is -0.494 e. The van der Waals surface area contributed by atoms with Crippen LogP contribution in [0, 0.1) is 12.8 Å². The van der Waals surface area contributed by atoms with Crippen molar-refractivity contribution in [3.63, 3.8) is 0 Å². The molecular formula is C21H24N2O2S. The first-order chi connectivity index (χ1) is 12.6. The van der Waals surface area contributed by atoms with Gasteiger partial charge in [0.05, 0.1) is 18.3 Å². The Morgan fingerprint density at radius 3 is 2.92 bits per heavy atom. The lowest BCUT2D eigenvalue weighted by atomic mass is 9.89. The van der Waals surface area contributed by atoms with Gasteiger partial charge in [-0.05, 0) is 56.2 Å². The molecule has 4 nitrogen and oxygen atoms in total. The van der Waals surface area contributed by atoms with E-state index in [-0.39, 0.29) is 5.56 Å². The summed E-state index contributed by atoms with van der Waals surface area (Å²) in [6.07, 6.45) is 5.73. The Morgan fingerprint density at radius 1 is 1.31 bits per heavy atom. The number of ether oxygens (including phenoxy) is 1. The molecule has 2 heterocycles. The summed E-state index contributed by atoms with van der Waals surface area (Å²) in [7, 11) is 0. The van der Waals surface area contributed by atoms with Crippen LogP contribution in [0.25, 0.3) is 10.2 Å². The highest BCUT2D eigenvalue weighted by Crippen LogP contribution is 2.35. The van der Waals surface area contributed by atoms with E-state index in [2.05, 4.69) is 18.8 Å². The zero-order chi connectivity index (χ0) is 18.1. The van der Waals surface area contributed by atoms with Crippen LogP contribution in [0.15, 0.2) is 35.4 Å². The Hall–Kier alpha value is -2.14. The fraction of sp³-hybridized carbons (Fsp3) is 0.429. The number of hydrogen-bond acceptors (Lipinski definition) is 4. The Kier molecular flexibility index (Phi) is 4.81. The summed E-state index contributed by atoms with van der Waals surface area (Å²) in [5, 5.41) is 0.860. The normalized spacial score (nSPS) is 16.6. The molecule has 0 fully saturated rings. The van der Waals surface area contributed by atoms with Gasteiger partial charge in [-0.15, -0.1) is 11.3 Å². The summed E-state index contributed by atoms with van der Waals surface area (Å²) >= 11 is 1.70. The zero-order valence-corrected chi connectivity index (χ0v) is 16.1. The first-order valence-corrected chi connectivity index (χ1v) is 10.1. The minimum atomic E-state index is 0.109. The number of rotatable bonds is 5. The molecule has 3 aromatic rings. The van der Waals surface area contributed by atoms with Crippen LogP contribution in [0.4, 0.5) is 0 Å². The van der Waals surface area contributed by atoms with Crippen molar-refractivity contribution in [2.24, 2.45) is 5.92 Å². The number of thiophene rings is 1. The quantitative estimate of drug-likeness (QED) is 0.629.